The van der Waals surface area contributed by atoms with Crippen molar-refractivity contribution in [3.8, 4) is 0 Å². The van der Waals surface area contributed by atoms with Crippen LogP contribution in [0.25, 0.3) is 0 Å². The van der Waals surface area contributed by atoms with Crippen molar-refractivity contribution < 1.29 is 14.1 Å². The molecule has 0 atom stereocenters. The van der Waals surface area contributed by atoms with Crippen LogP contribution in [0, 0.1) is 0 Å². The average Bonchev–Trinajstić information content (AvgIpc) is 2.30. The molecule has 86 valence electrons. The minimum Gasteiger partial charge on any atom is -0.468 e. The zero-order valence-corrected chi connectivity index (χ0v) is 10.6. The van der Waals surface area contributed by atoms with Crippen LogP contribution in [0.2, 0.25) is 0 Å². The average molecular weight is 238 g/mol. The predicted octanol–water partition coefficient (Wildman–Crippen LogP) is 1.61. The summed E-state index contributed by atoms with van der Waals surface area (Å²) in [5.41, 5.74) is 1.11. The summed E-state index contributed by atoms with van der Waals surface area (Å²) in [5.74, 6) is 0.124. The monoisotopic (exact) mass is 238 g/mol. The topological polar surface area (TPSA) is 29.3 Å². The molecule has 0 aliphatic rings. The summed E-state index contributed by atoms with van der Waals surface area (Å²) in [6.07, 6.45) is 0. The van der Waals surface area contributed by atoms with Crippen LogP contribution >= 0.6 is 11.8 Å². The zero-order chi connectivity index (χ0) is 12.0. The van der Waals surface area contributed by atoms with Gasteiger partial charge in [0, 0.05) is 0 Å². The fourth-order valence-electron chi connectivity index (χ4n) is 1.24. The number of thioether (sulfide) groups is 1. The summed E-state index contributed by atoms with van der Waals surface area (Å²) in [4.78, 5) is 11.1. The summed E-state index contributed by atoms with van der Waals surface area (Å²) >= 11 is 1.48. The van der Waals surface area contributed by atoms with Gasteiger partial charge in [-0.2, -0.15) is 0 Å². The first-order valence-corrected chi connectivity index (χ1v) is 5.93. The van der Waals surface area contributed by atoms with Crippen molar-refractivity contribution >= 4 is 22.8 Å². The highest BCUT2D eigenvalue weighted by molar-refractivity contribution is 8.14. The first kappa shape index (κ1) is 12.8. The van der Waals surface area contributed by atoms with Gasteiger partial charge in [-0.1, -0.05) is 18.2 Å². The Morgan fingerprint density at radius 2 is 1.94 bits per heavy atom. The molecule has 0 saturated carbocycles. The van der Waals surface area contributed by atoms with Gasteiger partial charge in [-0.05, 0) is 23.9 Å². The van der Waals surface area contributed by atoms with E-state index < -0.39 is 0 Å². The Morgan fingerprint density at radius 3 is 2.44 bits per heavy atom. The Labute approximate surface area is 100 Å². The second-order valence-electron chi connectivity index (χ2n) is 3.43. The van der Waals surface area contributed by atoms with Gasteiger partial charge in [0.05, 0.1) is 12.7 Å². The molecule has 4 heteroatoms. The molecule has 0 spiro atoms. The predicted molar refractivity (Wildman–Crippen MR) is 67.1 cm³/mol. The molecule has 0 fully saturated rings. The van der Waals surface area contributed by atoms with Gasteiger partial charge < -0.3 is 4.74 Å². The number of carbonyl (C=O) groups is 1. The Bertz CT molecular complexity index is 383. The van der Waals surface area contributed by atoms with Gasteiger partial charge in [0.1, 0.15) is 19.8 Å². The summed E-state index contributed by atoms with van der Waals surface area (Å²) in [6.45, 7) is 0. The van der Waals surface area contributed by atoms with Crippen molar-refractivity contribution in [3.63, 3.8) is 0 Å². The molecule has 1 aromatic rings. The molecule has 3 nitrogen and oxygen atoms in total. The lowest BCUT2D eigenvalue weighted by atomic mass is 10.2. The molecule has 0 aromatic heterocycles. The second-order valence-corrected chi connectivity index (χ2v) is 4.39. The molecule has 0 heterocycles. The fourth-order valence-corrected chi connectivity index (χ4v) is 2.17. The van der Waals surface area contributed by atoms with E-state index in [1.165, 1.54) is 18.9 Å². The summed E-state index contributed by atoms with van der Waals surface area (Å²) in [5, 5.41) is 1.06. The third-order valence-corrected chi connectivity index (χ3v) is 3.24. The van der Waals surface area contributed by atoms with Crippen LogP contribution in [-0.4, -0.2) is 42.5 Å². The first-order valence-electron chi connectivity index (χ1n) is 4.94. The van der Waals surface area contributed by atoms with Crippen molar-refractivity contribution in [2.45, 2.75) is 0 Å². The van der Waals surface area contributed by atoms with Crippen molar-refractivity contribution in [2.75, 3.05) is 27.0 Å². The first-order chi connectivity index (χ1) is 7.65. The molecule has 1 rings (SSSR count). The number of hydrogen-bond donors (Lipinski definition) is 0. The molecule has 16 heavy (non-hydrogen) atoms. The van der Waals surface area contributed by atoms with Gasteiger partial charge in [0.15, 0.2) is 0 Å². The Balaban J connectivity index is 2.79. The minimum absolute atomic E-state index is 0.208. The van der Waals surface area contributed by atoms with E-state index in [1.54, 1.807) is 0 Å². The van der Waals surface area contributed by atoms with Gasteiger partial charge >= 0.3 is 5.97 Å². The number of esters is 1. The van der Waals surface area contributed by atoms with Crippen LogP contribution in [0.1, 0.15) is 5.56 Å². The van der Waals surface area contributed by atoms with E-state index in [-0.39, 0.29) is 5.97 Å². The highest BCUT2D eigenvalue weighted by atomic mass is 32.2. The molecule has 0 N–H and O–H groups in total. The maximum atomic E-state index is 11.1. The van der Waals surface area contributed by atoms with E-state index in [2.05, 4.69) is 4.74 Å². The fraction of sp³-hybridized carbons (Fsp3) is 0.333. The Hall–Kier alpha value is -1.29. The van der Waals surface area contributed by atoms with Crippen LogP contribution in [0.3, 0.4) is 0 Å². The molecule has 0 bridgehead atoms. The lowest BCUT2D eigenvalue weighted by Crippen LogP contribution is -2.14. The Kier molecular flexibility index (Phi) is 5.05. The molecule has 0 unspecified atom stereocenters. The van der Waals surface area contributed by atoms with Crippen molar-refractivity contribution in [1.29, 1.82) is 0 Å². The number of benzene rings is 1. The molecule has 0 saturated heterocycles. The van der Waals surface area contributed by atoms with Crippen LogP contribution in [0.15, 0.2) is 30.3 Å². The maximum absolute atomic E-state index is 11.1. The number of methoxy groups -OCH3 is 1. The summed E-state index contributed by atoms with van der Waals surface area (Å²) in [6, 6.07) is 10.00. The maximum Gasteiger partial charge on any atom is 0.316 e. The molecule has 0 aliphatic heterocycles. The SMILES string of the molecule is COC(=O)CSC(c1ccccc1)=[N+](C)C. The van der Waals surface area contributed by atoms with Gasteiger partial charge in [-0.3, -0.25) is 4.79 Å². The van der Waals surface area contributed by atoms with E-state index in [1.807, 2.05) is 49.0 Å². The minimum atomic E-state index is -0.208. The van der Waals surface area contributed by atoms with Gasteiger partial charge in [-0.15, -0.1) is 0 Å². The third kappa shape index (κ3) is 3.70. The number of hydrogen-bond acceptors (Lipinski definition) is 3. The lowest BCUT2D eigenvalue weighted by molar-refractivity contribution is -0.460. The summed E-state index contributed by atoms with van der Waals surface area (Å²) < 4.78 is 6.63. The van der Waals surface area contributed by atoms with E-state index in [4.69, 9.17) is 0 Å². The van der Waals surface area contributed by atoms with Gasteiger partial charge in [0.2, 0.25) is 5.04 Å². The van der Waals surface area contributed by atoms with Crippen LogP contribution in [0.4, 0.5) is 0 Å². The Morgan fingerprint density at radius 1 is 1.31 bits per heavy atom. The smallest absolute Gasteiger partial charge is 0.316 e. The number of nitrogens with zero attached hydrogens (tertiary/aromatic N) is 1. The van der Waals surface area contributed by atoms with Crippen molar-refractivity contribution in [1.82, 2.24) is 0 Å². The van der Waals surface area contributed by atoms with Crippen molar-refractivity contribution in [3.05, 3.63) is 35.9 Å². The molecule has 1 aromatic carbocycles. The molecule has 0 radical (unpaired) electrons. The van der Waals surface area contributed by atoms with Crippen LogP contribution in [-0.2, 0) is 9.53 Å². The zero-order valence-electron chi connectivity index (χ0n) is 9.77. The third-order valence-electron chi connectivity index (χ3n) is 1.98. The van der Waals surface area contributed by atoms with Crippen LogP contribution in [0.5, 0.6) is 0 Å². The second kappa shape index (κ2) is 6.33. The van der Waals surface area contributed by atoms with Gasteiger partial charge in [0.25, 0.3) is 0 Å². The van der Waals surface area contributed by atoms with E-state index in [0.29, 0.717) is 5.75 Å². The van der Waals surface area contributed by atoms with Crippen LogP contribution < -0.4 is 0 Å². The number of rotatable bonds is 3. The quantitative estimate of drug-likeness (QED) is 0.347. The van der Waals surface area contributed by atoms with E-state index in [0.717, 1.165) is 10.6 Å². The molecule has 0 aliphatic carbocycles. The largest absolute Gasteiger partial charge is 0.468 e. The molecular weight excluding hydrogens is 222 g/mol. The molecule has 0 amide bonds. The molecular formula is C12H16NO2S+. The van der Waals surface area contributed by atoms with Crippen molar-refractivity contribution in [2.24, 2.45) is 0 Å². The number of ether oxygens (including phenoxy) is 1. The van der Waals surface area contributed by atoms with E-state index in [9.17, 15) is 4.79 Å². The van der Waals surface area contributed by atoms with Gasteiger partial charge in [-0.25, -0.2) is 4.58 Å². The standard InChI is InChI=1S/C12H16NO2S/c1-13(2)12(16-9-11(14)15-3)10-7-5-4-6-8-10/h4-8H,9H2,1-3H3/q+1. The normalized spacial score (nSPS) is 9.69. The number of carbonyl (C=O) groups excluding carboxylic acids is 1. The van der Waals surface area contributed by atoms with E-state index >= 15 is 0 Å². The lowest BCUT2D eigenvalue weighted by Gasteiger charge is -2.03. The highest BCUT2D eigenvalue weighted by Gasteiger charge is 2.14. The summed E-state index contributed by atoms with van der Waals surface area (Å²) in [7, 11) is 5.33. The highest BCUT2D eigenvalue weighted by Crippen LogP contribution is 2.13.